The number of aliphatic hydroxyl groups is 1. The third kappa shape index (κ3) is 5.46. The highest BCUT2D eigenvalue weighted by atomic mass is 28.4. The molecule has 1 saturated heterocycles. The number of hydrogen-bond acceptors (Lipinski definition) is 3. The first kappa shape index (κ1) is 22.0. The van der Waals surface area contributed by atoms with Gasteiger partial charge in [-0.15, -0.1) is 0 Å². The molecule has 1 aliphatic rings. The summed E-state index contributed by atoms with van der Waals surface area (Å²) in [6, 6.07) is 20.0. The second-order valence-electron chi connectivity index (χ2n) is 9.36. The van der Waals surface area contributed by atoms with E-state index >= 15 is 0 Å². The van der Waals surface area contributed by atoms with Crippen molar-refractivity contribution in [2.45, 2.75) is 63.1 Å². The Labute approximate surface area is 176 Å². The molecule has 3 rings (SSSR count). The van der Waals surface area contributed by atoms with E-state index in [0.29, 0.717) is 6.61 Å². The van der Waals surface area contributed by atoms with Gasteiger partial charge >= 0.3 is 0 Å². The fourth-order valence-corrected chi connectivity index (χ4v) is 4.27. The van der Waals surface area contributed by atoms with Crippen LogP contribution in [0.15, 0.2) is 72.8 Å². The predicted molar refractivity (Wildman–Crippen MR) is 122 cm³/mol. The minimum absolute atomic E-state index is 0.0154. The molecule has 1 N–H and O–H groups in total. The minimum atomic E-state index is -1.74. The number of rotatable bonds is 8. The van der Waals surface area contributed by atoms with Crippen LogP contribution in [0.1, 0.15) is 43.9 Å². The summed E-state index contributed by atoms with van der Waals surface area (Å²) >= 11 is 0. The van der Waals surface area contributed by atoms with E-state index in [2.05, 4.69) is 58.2 Å². The lowest BCUT2D eigenvalue weighted by molar-refractivity contribution is 0.128. The SMILES string of the molecule is CC(C)(C)[Si](C)(C)OC/C=C/[C@@H]1O[C@@H]1[C@H](c1ccccc1)[C@H](O)c1ccccc1. The Hall–Kier alpha value is -1.72. The summed E-state index contributed by atoms with van der Waals surface area (Å²) in [5.74, 6) is -0.102. The standard InChI is InChI=1S/C25H34O3Si/c1-25(2,3)29(4,5)27-18-12-17-21-24(28-21)22(19-13-8-6-9-14-19)23(26)20-15-10-7-11-16-20/h6-17,21-24,26H,18H2,1-5H3/b17-12+/t21-,22+,23+,24-/m0/s1. The highest BCUT2D eigenvalue weighted by Crippen LogP contribution is 2.44. The van der Waals surface area contributed by atoms with Crippen LogP contribution in [0.5, 0.6) is 0 Å². The maximum atomic E-state index is 11.1. The number of hydrogen-bond donors (Lipinski definition) is 1. The summed E-state index contributed by atoms with van der Waals surface area (Å²) in [5.41, 5.74) is 2.02. The summed E-state index contributed by atoms with van der Waals surface area (Å²) in [6.45, 7) is 11.9. The fraction of sp³-hybridized carbons (Fsp3) is 0.440. The molecule has 0 radical (unpaired) electrons. The van der Waals surface area contributed by atoms with Crippen molar-refractivity contribution in [3.63, 3.8) is 0 Å². The van der Waals surface area contributed by atoms with Crippen LogP contribution in [0.25, 0.3) is 0 Å². The Bertz CT molecular complexity index is 796. The van der Waals surface area contributed by atoms with E-state index in [-0.39, 0.29) is 23.2 Å². The van der Waals surface area contributed by atoms with E-state index in [1.165, 1.54) is 0 Å². The number of epoxide rings is 1. The van der Waals surface area contributed by atoms with E-state index in [9.17, 15) is 5.11 Å². The predicted octanol–water partition coefficient (Wildman–Crippen LogP) is 5.85. The highest BCUT2D eigenvalue weighted by Gasteiger charge is 2.47. The normalized spacial score (nSPS) is 21.9. The summed E-state index contributed by atoms with van der Waals surface area (Å²) in [5, 5.41) is 11.3. The monoisotopic (exact) mass is 410 g/mol. The van der Waals surface area contributed by atoms with Crippen molar-refractivity contribution in [1.82, 2.24) is 0 Å². The fourth-order valence-electron chi connectivity index (χ4n) is 3.33. The molecule has 0 bridgehead atoms. The molecular weight excluding hydrogens is 376 g/mol. The third-order valence-electron chi connectivity index (χ3n) is 6.25. The lowest BCUT2D eigenvalue weighted by Crippen LogP contribution is -2.40. The van der Waals surface area contributed by atoms with Crippen molar-refractivity contribution in [1.29, 1.82) is 0 Å². The Morgan fingerprint density at radius 2 is 1.55 bits per heavy atom. The molecule has 0 unspecified atom stereocenters. The van der Waals surface area contributed by atoms with Gasteiger partial charge in [-0.1, -0.05) is 93.6 Å². The van der Waals surface area contributed by atoms with Gasteiger partial charge in [-0.25, -0.2) is 0 Å². The van der Waals surface area contributed by atoms with E-state index in [1.807, 2.05) is 48.5 Å². The van der Waals surface area contributed by atoms with Gasteiger partial charge in [-0.2, -0.15) is 0 Å². The molecule has 4 heteroatoms. The van der Waals surface area contributed by atoms with Crippen molar-refractivity contribution in [3.8, 4) is 0 Å². The molecule has 1 fully saturated rings. The van der Waals surface area contributed by atoms with Gasteiger partial charge in [-0.3, -0.25) is 0 Å². The quantitative estimate of drug-likeness (QED) is 0.337. The average molecular weight is 411 g/mol. The van der Waals surface area contributed by atoms with Gasteiger partial charge in [0, 0.05) is 5.92 Å². The van der Waals surface area contributed by atoms with Crippen LogP contribution in [0.3, 0.4) is 0 Å². The first-order chi connectivity index (χ1) is 13.7. The molecule has 0 aliphatic carbocycles. The van der Waals surface area contributed by atoms with Gasteiger partial charge in [0.15, 0.2) is 8.32 Å². The topological polar surface area (TPSA) is 42.0 Å². The van der Waals surface area contributed by atoms with Crippen molar-refractivity contribution in [2.24, 2.45) is 0 Å². The molecule has 156 valence electrons. The second-order valence-corrected chi connectivity index (χ2v) is 14.2. The van der Waals surface area contributed by atoms with Crippen LogP contribution >= 0.6 is 0 Å². The van der Waals surface area contributed by atoms with Gasteiger partial charge in [0.1, 0.15) is 6.10 Å². The molecule has 1 heterocycles. The van der Waals surface area contributed by atoms with E-state index in [0.717, 1.165) is 11.1 Å². The molecule has 3 nitrogen and oxygen atoms in total. The van der Waals surface area contributed by atoms with E-state index in [4.69, 9.17) is 9.16 Å². The zero-order valence-corrected chi connectivity index (χ0v) is 19.2. The Balaban J connectivity index is 1.67. The zero-order chi connectivity index (χ0) is 21.1. The lowest BCUT2D eigenvalue weighted by atomic mass is 9.85. The van der Waals surface area contributed by atoms with Gasteiger partial charge < -0.3 is 14.3 Å². The maximum Gasteiger partial charge on any atom is 0.192 e. The molecule has 4 atom stereocenters. The zero-order valence-electron chi connectivity index (χ0n) is 18.2. The average Bonchev–Trinajstić information content (AvgIpc) is 3.45. The number of aliphatic hydroxyl groups excluding tert-OH is 1. The van der Waals surface area contributed by atoms with Crippen LogP contribution in [0.2, 0.25) is 18.1 Å². The van der Waals surface area contributed by atoms with Crippen molar-refractivity contribution < 1.29 is 14.3 Å². The first-order valence-electron chi connectivity index (χ1n) is 10.4. The van der Waals surface area contributed by atoms with Crippen molar-refractivity contribution >= 4 is 8.32 Å². The summed E-state index contributed by atoms with van der Waals surface area (Å²) in [6.07, 6.45) is 3.54. The Kier molecular flexibility index (Phi) is 6.79. The van der Waals surface area contributed by atoms with Crippen molar-refractivity contribution in [3.05, 3.63) is 83.9 Å². The van der Waals surface area contributed by atoms with Gasteiger partial charge in [0.25, 0.3) is 0 Å². The highest BCUT2D eigenvalue weighted by molar-refractivity contribution is 6.74. The summed E-state index contributed by atoms with van der Waals surface area (Å²) in [4.78, 5) is 0. The first-order valence-corrected chi connectivity index (χ1v) is 13.4. The second kappa shape index (κ2) is 8.96. The van der Waals surface area contributed by atoms with Crippen LogP contribution in [-0.2, 0) is 9.16 Å². The molecule has 0 spiro atoms. The summed E-state index contributed by atoms with van der Waals surface area (Å²) in [7, 11) is -1.74. The third-order valence-corrected chi connectivity index (χ3v) is 10.8. The van der Waals surface area contributed by atoms with Crippen LogP contribution in [-0.4, -0.2) is 32.2 Å². The molecular formula is C25H34O3Si. The van der Waals surface area contributed by atoms with E-state index < -0.39 is 14.4 Å². The molecule has 2 aromatic carbocycles. The van der Waals surface area contributed by atoms with E-state index in [1.54, 1.807) is 0 Å². The van der Waals surface area contributed by atoms with Gasteiger partial charge in [0.2, 0.25) is 0 Å². The maximum absolute atomic E-state index is 11.1. The van der Waals surface area contributed by atoms with Crippen molar-refractivity contribution in [2.75, 3.05) is 6.61 Å². The molecule has 2 aromatic rings. The Morgan fingerprint density at radius 1 is 1.00 bits per heavy atom. The molecule has 1 aliphatic heterocycles. The lowest BCUT2D eigenvalue weighted by Gasteiger charge is -2.35. The number of benzene rings is 2. The largest absolute Gasteiger partial charge is 0.413 e. The van der Waals surface area contributed by atoms with Crippen LogP contribution in [0, 0.1) is 0 Å². The smallest absolute Gasteiger partial charge is 0.192 e. The van der Waals surface area contributed by atoms with Crippen LogP contribution in [0.4, 0.5) is 0 Å². The minimum Gasteiger partial charge on any atom is -0.413 e. The van der Waals surface area contributed by atoms with Crippen LogP contribution < -0.4 is 0 Å². The molecule has 0 amide bonds. The molecule has 29 heavy (non-hydrogen) atoms. The molecule has 0 aromatic heterocycles. The molecule has 0 saturated carbocycles. The summed E-state index contributed by atoms with van der Waals surface area (Å²) < 4.78 is 12.2. The van der Waals surface area contributed by atoms with Gasteiger partial charge in [-0.05, 0) is 29.3 Å². The van der Waals surface area contributed by atoms with Gasteiger partial charge in [0.05, 0.1) is 18.8 Å². The Morgan fingerprint density at radius 3 is 2.10 bits per heavy atom. The number of ether oxygens (including phenoxy) is 1.